The lowest BCUT2D eigenvalue weighted by molar-refractivity contribution is 0.241. The fraction of sp³-hybridized carbons (Fsp3) is 0.393. The molecule has 1 heterocycles. The van der Waals surface area contributed by atoms with Crippen molar-refractivity contribution < 1.29 is 5.11 Å². The smallest absolute Gasteiger partial charge is 0.0587 e. The highest BCUT2D eigenvalue weighted by atomic mass is 16.3. The second-order valence-corrected chi connectivity index (χ2v) is 8.54. The molecule has 0 fully saturated rings. The zero-order valence-corrected chi connectivity index (χ0v) is 19.8. The van der Waals surface area contributed by atoms with Crippen LogP contribution < -0.4 is 10.6 Å². The van der Waals surface area contributed by atoms with Crippen LogP contribution in [0.25, 0.3) is 0 Å². The van der Waals surface area contributed by atoms with E-state index in [1.165, 1.54) is 16.7 Å². The van der Waals surface area contributed by atoms with Crippen molar-refractivity contribution in [1.29, 1.82) is 0 Å². The van der Waals surface area contributed by atoms with E-state index in [0.29, 0.717) is 0 Å². The van der Waals surface area contributed by atoms with Gasteiger partial charge >= 0.3 is 0 Å². The van der Waals surface area contributed by atoms with Crippen LogP contribution in [-0.2, 0) is 26.1 Å². The van der Waals surface area contributed by atoms with E-state index in [1.807, 2.05) is 36.5 Å². The van der Waals surface area contributed by atoms with E-state index < -0.39 is 0 Å². The van der Waals surface area contributed by atoms with Crippen molar-refractivity contribution >= 4 is 0 Å². The van der Waals surface area contributed by atoms with Crippen LogP contribution in [0.4, 0.5) is 0 Å². The van der Waals surface area contributed by atoms with Crippen molar-refractivity contribution in [3.8, 4) is 0 Å². The minimum Gasteiger partial charge on any atom is -0.395 e. The maximum absolute atomic E-state index is 9.74. The summed E-state index contributed by atoms with van der Waals surface area (Å²) in [5.74, 6) is 0. The lowest BCUT2D eigenvalue weighted by atomic mass is 10.1. The van der Waals surface area contributed by atoms with Gasteiger partial charge in [0.05, 0.1) is 12.3 Å². The van der Waals surface area contributed by atoms with Crippen molar-refractivity contribution in [2.24, 2.45) is 0 Å². The van der Waals surface area contributed by atoms with Crippen LogP contribution in [0.5, 0.6) is 0 Å². The van der Waals surface area contributed by atoms with Crippen molar-refractivity contribution in [3.63, 3.8) is 0 Å². The number of hydrogen-bond donors (Lipinski definition) is 3. The van der Waals surface area contributed by atoms with Gasteiger partial charge in [-0.15, -0.1) is 0 Å². The van der Waals surface area contributed by atoms with Gasteiger partial charge in [-0.25, -0.2) is 0 Å². The summed E-state index contributed by atoms with van der Waals surface area (Å²) >= 11 is 0. The van der Waals surface area contributed by atoms with E-state index in [-0.39, 0.29) is 12.6 Å². The molecule has 0 aliphatic carbocycles. The number of pyridine rings is 1. The highest BCUT2D eigenvalue weighted by molar-refractivity contribution is 5.23. The van der Waals surface area contributed by atoms with Crippen LogP contribution in [0.1, 0.15) is 35.7 Å². The molecule has 3 rings (SSSR count). The Morgan fingerprint density at radius 1 is 0.848 bits per heavy atom. The average molecular weight is 447 g/mol. The molecule has 0 aliphatic rings. The molecule has 1 aromatic heterocycles. The molecule has 1 unspecified atom stereocenters. The van der Waals surface area contributed by atoms with Crippen LogP contribution in [0, 0.1) is 0 Å². The lowest BCUT2D eigenvalue weighted by Crippen LogP contribution is -2.34. The molecule has 3 N–H and O–H groups in total. The van der Waals surface area contributed by atoms with Gasteiger partial charge < -0.3 is 15.7 Å². The Balaban J connectivity index is 1.42. The van der Waals surface area contributed by atoms with Crippen LogP contribution >= 0.6 is 0 Å². The van der Waals surface area contributed by atoms with Gasteiger partial charge in [-0.1, -0.05) is 67.6 Å². The molecule has 5 nitrogen and oxygen atoms in total. The minimum atomic E-state index is 0.0608. The summed E-state index contributed by atoms with van der Waals surface area (Å²) in [6.45, 7) is 7.94. The Bertz CT molecular complexity index is 887. The quantitative estimate of drug-likeness (QED) is 0.310. The van der Waals surface area contributed by atoms with Gasteiger partial charge in [-0.05, 0) is 48.2 Å². The summed E-state index contributed by atoms with van der Waals surface area (Å²) in [4.78, 5) is 6.87. The molecule has 33 heavy (non-hydrogen) atoms. The van der Waals surface area contributed by atoms with E-state index in [9.17, 15) is 5.11 Å². The molecular formula is C28H38N4O. The van der Waals surface area contributed by atoms with Gasteiger partial charge in [-0.2, -0.15) is 0 Å². The Kier molecular flexibility index (Phi) is 11.1. The third-order valence-corrected chi connectivity index (χ3v) is 5.75. The van der Waals surface area contributed by atoms with Gasteiger partial charge in [0.15, 0.2) is 0 Å². The molecule has 0 saturated heterocycles. The summed E-state index contributed by atoms with van der Waals surface area (Å²) in [5.41, 5.74) is 4.89. The zero-order valence-electron chi connectivity index (χ0n) is 19.8. The molecular weight excluding hydrogens is 408 g/mol. The second-order valence-electron chi connectivity index (χ2n) is 8.54. The molecule has 0 bridgehead atoms. The molecule has 0 radical (unpaired) electrons. The van der Waals surface area contributed by atoms with Gasteiger partial charge in [0.2, 0.25) is 0 Å². The molecule has 0 amide bonds. The summed E-state index contributed by atoms with van der Waals surface area (Å²) in [6.07, 6.45) is 3.81. The number of nitrogens with zero attached hydrogens (tertiary/aromatic N) is 2. The van der Waals surface area contributed by atoms with Crippen molar-refractivity contribution in [3.05, 3.63) is 101 Å². The predicted octanol–water partition coefficient (Wildman–Crippen LogP) is 3.78. The molecule has 0 spiro atoms. The van der Waals surface area contributed by atoms with Crippen molar-refractivity contribution in [2.75, 3.05) is 26.2 Å². The number of aliphatic hydroxyl groups is 1. The maximum atomic E-state index is 9.74. The van der Waals surface area contributed by atoms with E-state index >= 15 is 0 Å². The first kappa shape index (κ1) is 25.1. The van der Waals surface area contributed by atoms with E-state index in [2.05, 4.69) is 69.9 Å². The van der Waals surface area contributed by atoms with Crippen LogP contribution in [0.3, 0.4) is 0 Å². The van der Waals surface area contributed by atoms with Gasteiger partial charge in [0.25, 0.3) is 0 Å². The molecule has 0 saturated carbocycles. The molecule has 176 valence electrons. The lowest BCUT2D eigenvalue weighted by Gasteiger charge is -2.22. The van der Waals surface area contributed by atoms with Gasteiger partial charge in [-0.3, -0.25) is 9.88 Å². The number of nitrogens with one attached hydrogen (secondary N) is 2. The maximum Gasteiger partial charge on any atom is 0.0587 e. The highest BCUT2D eigenvalue weighted by Crippen LogP contribution is 2.09. The molecule has 2 aromatic carbocycles. The monoisotopic (exact) mass is 446 g/mol. The number of rotatable bonds is 15. The zero-order chi connectivity index (χ0) is 23.1. The van der Waals surface area contributed by atoms with Gasteiger partial charge in [0.1, 0.15) is 0 Å². The summed E-state index contributed by atoms with van der Waals surface area (Å²) in [6, 6.07) is 25.3. The van der Waals surface area contributed by atoms with Crippen molar-refractivity contribution in [2.45, 2.75) is 45.4 Å². The molecule has 5 heteroatoms. The Morgan fingerprint density at radius 2 is 1.61 bits per heavy atom. The topological polar surface area (TPSA) is 60.4 Å². The third kappa shape index (κ3) is 9.44. The highest BCUT2D eigenvalue weighted by Gasteiger charge is 2.09. The van der Waals surface area contributed by atoms with E-state index in [4.69, 9.17) is 0 Å². The van der Waals surface area contributed by atoms with Gasteiger partial charge in [0, 0.05) is 45.0 Å². The molecule has 1 atom stereocenters. The molecule has 3 aromatic rings. The fourth-order valence-corrected chi connectivity index (χ4v) is 3.93. The Morgan fingerprint density at radius 3 is 2.30 bits per heavy atom. The normalized spacial score (nSPS) is 12.2. The minimum absolute atomic E-state index is 0.0608. The van der Waals surface area contributed by atoms with E-state index in [0.717, 1.165) is 57.8 Å². The van der Waals surface area contributed by atoms with E-state index in [1.54, 1.807) is 0 Å². The SMILES string of the molecule is CCCN(CCNCc1ccccn1)Cc1ccc(CNC(CO)Cc2ccccc2)cc1. The third-order valence-electron chi connectivity index (χ3n) is 5.75. The Hall–Kier alpha value is -2.57. The largest absolute Gasteiger partial charge is 0.395 e. The van der Waals surface area contributed by atoms with Crippen molar-refractivity contribution in [1.82, 2.24) is 20.5 Å². The fourth-order valence-electron chi connectivity index (χ4n) is 3.93. The number of hydrogen-bond acceptors (Lipinski definition) is 5. The summed E-state index contributed by atoms with van der Waals surface area (Å²) in [5, 5.41) is 16.7. The standard InChI is InChI=1S/C28H38N4O/c1-2-17-32(18-16-29-21-27-10-6-7-15-30-27)22-26-13-11-25(12-14-26)20-31-28(23-33)19-24-8-4-3-5-9-24/h3-15,28-29,31,33H,2,16-23H2,1H3. The van der Waals surface area contributed by atoms with Crippen LogP contribution in [0.15, 0.2) is 79.0 Å². The summed E-state index contributed by atoms with van der Waals surface area (Å²) in [7, 11) is 0. The average Bonchev–Trinajstić information content (AvgIpc) is 2.86. The number of aromatic nitrogens is 1. The van der Waals surface area contributed by atoms with Crippen LogP contribution in [0.2, 0.25) is 0 Å². The van der Waals surface area contributed by atoms with Crippen LogP contribution in [-0.4, -0.2) is 47.3 Å². The first-order valence-corrected chi connectivity index (χ1v) is 12.1. The summed E-state index contributed by atoms with van der Waals surface area (Å²) < 4.78 is 0. The second kappa shape index (κ2) is 14.6. The number of aliphatic hydroxyl groups excluding tert-OH is 1. The first-order chi connectivity index (χ1) is 16.3. The first-order valence-electron chi connectivity index (χ1n) is 12.1. The molecule has 0 aliphatic heterocycles. The number of benzene rings is 2. The predicted molar refractivity (Wildman–Crippen MR) is 136 cm³/mol. The Labute approximate surface area is 198 Å².